The Bertz CT molecular complexity index is 1060. The number of ether oxygens (including phenoxy) is 2. The van der Waals surface area contributed by atoms with E-state index < -0.39 is 0 Å². The molecule has 1 N–H and O–H groups in total. The van der Waals surface area contributed by atoms with Crippen LogP contribution in [0.4, 0.5) is 5.69 Å². The Morgan fingerprint density at radius 1 is 1.00 bits per heavy atom. The molecule has 6 heteroatoms. The van der Waals surface area contributed by atoms with Crippen molar-refractivity contribution in [1.82, 2.24) is 4.90 Å². The fourth-order valence-corrected chi connectivity index (χ4v) is 3.16. The van der Waals surface area contributed by atoms with Crippen LogP contribution in [0.1, 0.15) is 16.7 Å². The van der Waals surface area contributed by atoms with Gasteiger partial charge in [0.15, 0.2) is 11.5 Å². The first-order valence-electron chi connectivity index (χ1n) is 9.90. The predicted molar refractivity (Wildman–Crippen MR) is 120 cm³/mol. The van der Waals surface area contributed by atoms with Crippen molar-refractivity contribution in [3.05, 3.63) is 89.5 Å². The van der Waals surface area contributed by atoms with Gasteiger partial charge in [0, 0.05) is 6.54 Å². The van der Waals surface area contributed by atoms with E-state index >= 15 is 0 Å². The number of anilines is 1. The summed E-state index contributed by atoms with van der Waals surface area (Å²) in [5.41, 5.74) is 3.04. The molecule has 0 atom stereocenters. The highest BCUT2D eigenvalue weighted by Crippen LogP contribution is 2.29. The third-order valence-electron chi connectivity index (χ3n) is 4.65. The number of hydrogen-bond donors (Lipinski definition) is 1. The molecule has 1 amide bonds. The molecule has 6 nitrogen and oxygen atoms in total. The van der Waals surface area contributed by atoms with E-state index in [9.17, 15) is 4.79 Å². The summed E-state index contributed by atoms with van der Waals surface area (Å²) in [4.78, 5) is 14.3. The van der Waals surface area contributed by atoms with Gasteiger partial charge >= 0.3 is 0 Å². The minimum Gasteiger partial charge on any atom is -0.493 e. The first-order valence-corrected chi connectivity index (χ1v) is 9.90. The van der Waals surface area contributed by atoms with Crippen LogP contribution >= 0.6 is 0 Å². The van der Waals surface area contributed by atoms with Crippen LogP contribution in [0.2, 0.25) is 0 Å². The maximum Gasteiger partial charge on any atom is 0.238 e. The quantitative estimate of drug-likeness (QED) is 0.566. The number of carbonyl (C=O) groups is 1. The van der Waals surface area contributed by atoms with Crippen molar-refractivity contribution in [3.8, 4) is 17.6 Å². The van der Waals surface area contributed by atoms with E-state index in [1.165, 1.54) is 0 Å². The maximum atomic E-state index is 12.4. The van der Waals surface area contributed by atoms with E-state index in [-0.39, 0.29) is 12.5 Å². The van der Waals surface area contributed by atoms with E-state index in [1.54, 1.807) is 31.4 Å². The van der Waals surface area contributed by atoms with E-state index in [0.717, 1.165) is 11.1 Å². The topological polar surface area (TPSA) is 74.6 Å². The van der Waals surface area contributed by atoms with E-state index in [1.807, 2.05) is 60.5 Å². The van der Waals surface area contributed by atoms with Gasteiger partial charge in [0.05, 0.1) is 24.9 Å². The molecule has 0 unspecified atom stereocenters. The molecule has 158 valence electrons. The molecule has 0 heterocycles. The molecule has 0 radical (unpaired) electrons. The standard InChI is InChI=1S/C25H25N3O3/c1-28(17-25(29)27-22-11-7-6-10-21(22)15-26)16-20-12-13-23(24(14-20)30-2)31-18-19-8-4-3-5-9-19/h3-14H,16-18H2,1-2H3,(H,27,29). The van der Waals surface area contributed by atoms with Crippen molar-refractivity contribution in [2.45, 2.75) is 13.2 Å². The third-order valence-corrected chi connectivity index (χ3v) is 4.65. The molecule has 3 aromatic rings. The minimum absolute atomic E-state index is 0.181. The van der Waals surface area contributed by atoms with Crippen LogP contribution in [0.15, 0.2) is 72.8 Å². The molecule has 0 aliphatic rings. The van der Waals surface area contributed by atoms with Crippen LogP contribution in [0.3, 0.4) is 0 Å². The molecular formula is C25H25N3O3. The normalized spacial score (nSPS) is 10.4. The average molecular weight is 415 g/mol. The zero-order chi connectivity index (χ0) is 22.1. The Labute approximate surface area is 182 Å². The van der Waals surface area contributed by atoms with Gasteiger partial charge in [-0.05, 0) is 42.4 Å². The number of hydrogen-bond acceptors (Lipinski definition) is 5. The second-order valence-electron chi connectivity index (χ2n) is 7.14. The van der Waals surface area contributed by atoms with Crippen LogP contribution in [-0.4, -0.2) is 31.5 Å². The van der Waals surface area contributed by atoms with E-state index in [2.05, 4.69) is 11.4 Å². The summed E-state index contributed by atoms with van der Waals surface area (Å²) >= 11 is 0. The van der Waals surface area contributed by atoms with Crippen molar-refractivity contribution in [1.29, 1.82) is 5.26 Å². The van der Waals surface area contributed by atoms with Crippen LogP contribution in [-0.2, 0) is 17.9 Å². The monoisotopic (exact) mass is 415 g/mol. The number of carbonyl (C=O) groups excluding carboxylic acids is 1. The summed E-state index contributed by atoms with van der Waals surface area (Å²) in [6, 6.07) is 24.7. The number of nitrogens with zero attached hydrogens (tertiary/aromatic N) is 2. The first kappa shape index (κ1) is 21.9. The Morgan fingerprint density at radius 2 is 1.74 bits per heavy atom. The summed E-state index contributed by atoms with van der Waals surface area (Å²) < 4.78 is 11.4. The van der Waals surface area contributed by atoms with Crippen molar-refractivity contribution < 1.29 is 14.3 Å². The Hall–Kier alpha value is -3.82. The number of nitrogens with one attached hydrogen (secondary N) is 1. The molecule has 0 aliphatic heterocycles. The molecule has 3 rings (SSSR count). The lowest BCUT2D eigenvalue weighted by atomic mass is 10.2. The number of nitriles is 1. The third kappa shape index (κ3) is 6.33. The van der Waals surface area contributed by atoms with Gasteiger partial charge in [-0.25, -0.2) is 0 Å². The van der Waals surface area contributed by atoms with Crippen LogP contribution in [0.25, 0.3) is 0 Å². The lowest BCUT2D eigenvalue weighted by Gasteiger charge is -2.18. The molecule has 0 aromatic heterocycles. The number of likely N-dealkylation sites (N-methyl/N-ethyl adjacent to an activating group) is 1. The highest BCUT2D eigenvalue weighted by molar-refractivity contribution is 5.93. The Balaban J connectivity index is 1.57. The second kappa shape index (κ2) is 10.8. The summed E-state index contributed by atoms with van der Waals surface area (Å²) in [7, 11) is 3.47. The van der Waals surface area contributed by atoms with Gasteiger partial charge in [-0.15, -0.1) is 0 Å². The fourth-order valence-electron chi connectivity index (χ4n) is 3.16. The molecule has 0 spiro atoms. The summed E-state index contributed by atoms with van der Waals surface area (Å²) in [6.07, 6.45) is 0. The molecular weight excluding hydrogens is 390 g/mol. The molecule has 0 saturated carbocycles. The van der Waals surface area contributed by atoms with Gasteiger partial charge in [-0.3, -0.25) is 9.69 Å². The number of benzene rings is 3. The maximum absolute atomic E-state index is 12.4. The van der Waals surface area contributed by atoms with Crippen molar-refractivity contribution in [3.63, 3.8) is 0 Å². The van der Waals surface area contributed by atoms with E-state index in [0.29, 0.717) is 35.9 Å². The Kier molecular flexibility index (Phi) is 7.63. The lowest BCUT2D eigenvalue weighted by Crippen LogP contribution is -2.30. The van der Waals surface area contributed by atoms with Crippen molar-refractivity contribution in [2.24, 2.45) is 0 Å². The summed E-state index contributed by atoms with van der Waals surface area (Å²) in [5.74, 6) is 1.14. The van der Waals surface area contributed by atoms with Crippen LogP contribution in [0, 0.1) is 11.3 Å². The number of methoxy groups -OCH3 is 1. The fraction of sp³-hybridized carbons (Fsp3) is 0.200. The van der Waals surface area contributed by atoms with Crippen molar-refractivity contribution >= 4 is 11.6 Å². The zero-order valence-corrected chi connectivity index (χ0v) is 17.7. The van der Waals surface area contributed by atoms with Gasteiger partial charge in [-0.1, -0.05) is 48.5 Å². The number of rotatable bonds is 9. The largest absolute Gasteiger partial charge is 0.493 e. The molecule has 3 aromatic carbocycles. The highest BCUT2D eigenvalue weighted by atomic mass is 16.5. The highest BCUT2D eigenvalue weighted by Gasteiger charge is 2.12. The van der Waals surface area contributed by atoms with Gasteiger partial charge in [0.1, 0.15) is 12.7 Å². The van der Waals surface area contributed by atoms with E-state index in [4.69, 9.17) is 14.7 Å². The smallest absolute Gasteiger partial charge is 0.238 e. The summed E-state index contributed by atoms with van der Waals surface area (Å²) in [5, 5.41) is 11.9. The van der Waals surface area contributed by atoms with Gasteiger partial charge in [-0.2, -0.15) is 5.26 Å². The molecule has 31 heavy (non-hydrogen) atoms. The lowest BCUT2D eigenvalue weighted by molar-refractivity contribution is -0.117. The number of amides is 1. The van der Waals surface area contributed by atoms with Crippen molar-refractivity contribution in [2.75, 3.05) is 26.0 Å². The van der Waals surface area contributed by atoms with Gasteiger partial charge in [0.2, 0.25) is 5.91 Å². The minimum atomic E-state index is -0.181. The zero-order valence-electron chi connectivity index (χ0n) is 17.7. The first-order chi connectivity index (χ1) is 15.1. The number of para-hydroxylation sites is 1. The Morgan fingerprint density at radius 3 is 2.48 bits per heavy atom. The van der Waals surface area contributed by atoms with Crippen LogP contribution in [0.5, 0.6) is 11.5 Å². The SMILES string of the molecule is COc1cc(CN(C)CC(=O)Nc2ccccc2C#N)ccc1OCc1ccccc1. The van der Waals surface area contributed by atoms with Gasteiger partial charge in [0.25, 0.3) is 0 Å². The molecule has 0 fully saturated rings. The predicted octanol–water partition coefficient (Wildman–Crippen LogP) is 4.22. The molecule has 0 aliphatic carbocycles. The molecule has 0 saturated heterocycles. The van der Waals surface area contributed by atoms with Crippen LogP contribution < -0.4 is 14.8 Å². The second-order valence-corrected chi connectivity index (χ2v) is 7.14. The van der Waals surface area contributed by atoms with Gasteiger partial charge < -0.3 is 14.8 Å². The molecule has 0 bridgehead atoms. The summed E-state index contributed by atoms with van der Waals surface area (Å²) in [6.45, 7) is 1.21. The average Bonchev–Trinajstić information content (AvgIpc) is 2.79.